The van der Waals surface area contributed by atoms with Crippen LogP contribution in [0.1, 0.15) is 144 Å². The van der Waals surface area contributed by atoms with Crippen LogP contribution < -0.4 is 18.9 Å². The molecule has 0 saturated heterocycles. The van der Waals surface area contributed by atoms with Crippen molar-refractivity contribution in [2.24, 2.45) is 11.8 Å². The Bertz CT molecular complexity index is 2150. The molecular formula is C52H66O8. The maximum Gasteiger partial charge on any atom is 0.311 e. The molecule has 0 N–H and O–H groups in total. The van der Waals surface area contributed by atoms with Gasteiger partial charge in [-0.25, -0.2) is 0 Å². The van der Waals surface area contributed by atoms with Crippen LogP contribution in [-0.2, 0) is 30.0 Å². The Morgan fingerprint density at radius 3 is 1.10 bits per heavy atom. The average molecular weight is 819 g/mol. The van der Waals surface area contributed by atoms with Crippen LogP contribution in [0.5, 0.6) is 23.0 Å². The first kappa shape index (κ1) is 47.4. The van der Waals surface area contributed by atoms with Gasteiger partial charge in [0.25, 0.3) is 0 Å². The van der Waals surface area contributed by atoms with Crippen LogP contribution in [0.3, 0.4) is 0 Å². The van der Waals surface area contributed by atoms with E-state index in [1.165, 1.54) is 25.0 Å². The lowest BCUT2D eigenvalue weighted by atomic mass is 9.76. The summed E-state index contributed by atoms with van der Waals surface area (Å²) in [7, 11) is 0. The number of rotatable bonds is 17. The minimum absolute atomic E-state index is 0.247. The zero-order valence-electron chi connectivity index (χ0n) is 38.4. The van der Waals surface area contributed by atoms with E-state index in [0.717, 1.165) is 24.0 Å². The predicted molar refractivity (Wildman–Crippen MR) is 242 cm³/mol. The van der Waals surface area contributed by atoms with Crippen molar-refractivity contribution in [3.8, 4) is 23.0 Å². The fraction of sp³-hybridized carbons (Fsp3) is 0.462. The average Bonchev–Trinajstić information content (AvgIpc) is 3.14. The van der Waals surface area contributed by atoms with Gasteiger partial charge in [0.1, 0.15) is 23.0 Å². The van der Waals surface area contributed by atoms with Crippen LogP contribution in [0.4, 0.5) is 0 Å². The maximum absolute atomic E-state index is 13.9. The summed E-state index contributed by atoms with van der Waals surface area (Å²) in [5.41, 5.74) is 4.36. The van der Waals surface area contributed by atoms with Gasteiger partial charge in [-0.1, -0.05) is 127 Å². The highest BCUT2D eigenvalue weighted by Crippen LogP contribution is 2.49. The Morgan fingerprint density at radius 2 is 0.817 bits per heavy atom. The molecule has 8 heteroatoms. The van der Waals surface area contributed by atoms with Crippen LogP contribution in [0.2, 0.25) is 0 Å². The zero-order valence-corrected chi connectivity index (χ0v) is 38.4. The van der Waals surface area contributed by atoms with Gasteiger partial charge in [0, 0.05) is 46.5 Å². The fourth-order valence-electron chi connectivity index (χ4n) is 8.44. The predicted octanol–water partition coefficient (Wildman–Crippen LogP) is 13.1. The molecule has 0 amide bonds. The summed E-state index contributed by atoms with van der Waals surface area (Å²) < 4.78 is 24.2. The van der Waals surface area contributed by atoms with Crippen LogP contribution in [-0.4, -0.2) is 23.9 Å². The SMILES string of the molecule is CC(=O)Oc1c(C)c(C(C)(C)C/C=C(\C)CC(C)C)c(OC(=O)CCC(=O)Oc2c(C(C)(C)C/C=C(\C)CC(C)C)c(C)c(OC(C)=O)c3ccccc23)c2ccccc12. The second kappa shape index (κ2) is 19.9. The summed E-state index contributed by atoms with van der Waals surface area (Å²) in [6.45, 7) is 27.9. The smallest absolute Gasteiger partial charge is 0.311 e. The van der Waals surface area contributed by atoms with Gasteiger partial charge in [-0.15, -0.1) is 0 Å². The molecule has 4 aromatic rings. The second-order valence-corrected chi connectivity index (χ2v) is 18.5. The molecule has 8 nitrogen and oxygen atoms in total. The lowest BCUT2D eigenvalue weighted by molar-refractivity contribution is -0.140. The quantitative estimate of drug-likeness (QED) is 0.0589. The summed E-state index contributed by atoms with van der Waals surface area (Å²) in [6, 6.07) is 14.8. The summed E-state index contributed by atoms with van der Waals surface area (Å²) >= 11 is 0. The first-order chi connectivity index (χ1) is 28.0. The molecule has 0 aromatic heterocycles. The fourth-order valence-corrected chi connectivity index (χ4v) is 8.44. The van der Waals surface area contributed by atoms with Gasteiger partial charge in [0.05, 0.1) is 12.8 Å². The van der Waals surface area contributed by atoms with E-state index in [4.69, 9.17) is 18.9 Å². The zero-order chi connectivity index (χ0) is 44.7. The summed E-state index contributed by atoms with van der Waals surface area (Å²) in [4.78, 5) is 52.6. The molecule has 4 rings (SSSR count). The van der Waals surface area contributed by atoms with Crippen LogP contribution in [0, 0.1) is 25.7 Å². The lowest BCUT2D eigenvalue weighted by Gasteiger charge is -2.31. The van der Waals surface area contributed by atoms with Gasteiger partial charge in [-0.3, -0.25) is 19.2 Å². The molecule has 0 aliphatic carbocycles. The number of allylic oxidation sites excluding steroid dienone is 4. The topological polar surface area (TPSA) is 105 Å². The molecule has 0 unspecified atom stereocenters. The molecule has 0 heterocycles. The van der Waals surface area contributed by atoms with Crippen molar-refractivity contribution < 1.29 is 38.1 Å². The summed E-state index contributed by atoms with van der Waals surface area (Å²) in [5, 5.41) is 2.53. The highest BCUT2D eigenvalue weighted by atomic mass is 16.6. The molecule has 0 bridgehead atoms. The molecule has 322 valence electrons. The van der Waals surface area contributed by atoms with Gasteiger partial charge in [0.2, 0.25) is 0 Å². The number of fused-ring (bicyclic) bond motifs is 2. The third-order valence-electron chi connectivity index (χ3n) is 10.9. The monoisotopic (exact) mass is 818 g/mol. The van der Waals surface area contributed by atoms with Gasteiger partial charge >= 0.3 is 23.9 Å². The molecule has 4 aromatic carbocycles. The van der Waals surface area contributed by atoms with E-state index in [9.17, 15) is 19.2 Å². The van der Waals surface area contributed by atoms with Crippen LogP contribution >= 0.6 is 0 Å². The van der Waals surface area contributed by atoms with E-state index in [0.29, 0.717) is 80.3 Å². The van der Waals surface area contributed by atoms with Crippen molar-refractivity contribution in [3.63, 3.8) is 0 Å². The Hall–Kier alpha value is -5.24. The lowest BCUT2D eigenvalue weighted by Crippen LogP contribution is -2.23. The van der Waals surface area contributed by atoms with Crippen molar-refractivity contribution in [1.29, 1.82) is 0 Å². The Balaban J connectivity index is 1.74. The number of hydrogen-bond acceptors (Lipinski definition) is 8. The minimum Gasteiger partial charge on any atom is -0.426 e. The largest absolute Gasteiger partial charge is 0.426 e. The number of ether oxygens (including phenoxy) is 4. The van der Waals surface area contributed by atoms with Crippen molar-refractivity contribution in [3.05, 3.63) is 94.1 Å². The van der Waals surface area contributed by atoms with Crippen molar-refractivity contribution in [2.45, 2.75) is 146 Å². The van der Waals surface area contributed by atoms with Crippen LogP contribution in [0.25, 0.3) is 21.5 Å². The van der Waals surface area contributed by atoms with Crippen molar-refractivity contribution in [2.75, 3.05) is 0 Å². The molecular weight excluding hydrogens is 753 g/mol. The van der Waals surface area contributed by atoms with E-state index < -0.39 is 34.7 Å². The first-order valence-corrected chi connectivity index (χ1v) is 21.2. The highest BCUT2D eigenvalue weighted by molar-refractivity contribution is 6.00. The van der Waals surface area contributed by atoms with Crippen molar-refractivity contribution >= 4 is 45.4 Å². The Morgan fingerprint density at radius 1 is 0.517 bits per heavy atom. The standard InChI is InChI=1S/C52H66O8/c1-31(2)29-33(5)25-27-51(11,12)45-35(7)47(57-37(9)53)39-19-15-17-21-41(39)49(45)59-43(55)23-24-44(56)60-50-42-22-18-16-20-40(42)48(58-38(10)54)36(8)46(50)52(13,14)28-26-34(6)30-32(3)4/h15-22,25-26,31-32H,23-24,27-30H2,1-14H3/b33-25+,34-26+. The molecule has 0 aliphatic rings. The number of benzene rings is 4. The van der Waals surface area contributed by atoms with E-state index >= 15 is 0 Å². The number of hydrogen-bond donors (Lipinski definition) is 0. The van der Waals surface area contributed by atoms with Crippen LogP contribution in [0.15, 0.2) is 71.8 Å². The Kier molecular flexibility index (Phi) is 15.7. The van der Waals surface area contributed by atoms with E-state index in [-0.39, 0.29) is 12.8 Å². The third kappa shape index (κ3) is 11.7. The second-order valence-electron chi connectivity index (χ2n) is 18.5. The molecule has 0 atom stereocenters. The number of esters is 4. The maximum atomic E-state index is 13.9. The highest BCUT2D eigenvalue weighted by Gasteiger charge is 2.34. The molecule has 0 aliphatic heterocycles. The first-order valence-electron chi connectivity index (χ1n) is 21.2. The van der Waals surface area contributed by atoms with Gasteiger partial charge < -0.3 is 18.9 Å². The number of carbonyl (C=O) groups excluding carboxylic acids is 4. The molecule has 60 heavy (non-hydrogen) atoms. The molecule has 0 saturated carbocycles. The van der Waals surface area contributed by atoms with Gasteiger partial charge in [0.15, 0.2) is 0 Å². The summed E-state index contributed by atoms with van der Waals surface area (Å²) in [5.74, 6) is 0.538. The normalized spacial score (nSPS) is 12.7. The van der Waals surface area contributed by atoms with Gasteiger partial charge in [-0.05, 0) is 87.2 Å². The molecule has 0 radical (unpaired) electrons. The van der Waals surface area contributed by atoms with E-state index in [1.54, 1.807) is 0 Å². The minimum atomic E-state index is -0.599. The van der Waals surface area contributed by atoms with Gasteiger partial charge in [-0.2, -0.15) is 0 Å². The molecule has 0 spiro atoms. The summed E-state index contributed by atoms with van der Waals surface area (Å²) in [6.07, 6.45) is 7.18. The van der Waals surface area contributed by atoms with E-state index in [1.807, 2.05) is 62.4 Å². The number of carbonyl (C=O) groups is 4. The van der Waals surface area contributed by atoms with E-state index in [2.05, 4.69) is 81.4 Å². The third-order valence-corrected chi connectivity index (χ3v) is 10.9. The Labute approximate surface area is 357 Å². The molecule has 0 fully saturated rings. The van der Waals surface area contributed by atoms with Crippen molar-refractivity contribution in [1.82, 2.24) is 0 Å².